The molecule has 0 aromatic heterocycles. The predicted molar refractivity (Wildman–Crippen MR) is 63.5 cm³/mol. The zero-order valence-electron chi connectivity index (χ0n) is 9.88. The Morgan fingerprint density at radius 2 is 1.50 bits per heavy atom. The Bertz CT molecular complexity index is 255. The van der Waals surface area contributed by atoms with E-state index in [0.29, 0.717) is 5.41 Å². The van der Waals surface area contributed by atoms with Gasteiger partial charge in [0.25, 0.3) is 0 Å². The largest absolute Gasteiger partial charge is 0.0683 e. The van der Waals surface area contributed by atoms with Crippen LogP contribution in [-0.4, -0.2) is 0 Å². The van der Waals surface area contributed by atoms with Crippen molar-refractivity contribution in [3.05, 3.63) is 35.9 Å². The molecule has 0 radical (unpaired) electrons. The van der Waals surface area contributed by atoms with E-state index in [1.54, 1.807) is 5.56 Å². The molecule has 0 heteroatoms. The van der Waals surface area contributed by atoms with Crippen molar-refractivity contribution in [3.8, 4) is 0 Å². The van der Waals surface area contributed by atoms with E-state index in [0.717, 1.165) is 5.92 Å². The molecule has 1 aromatic rings. The van der Waals surface area contributed by atoms with E-state index in [1.165, 1.54) is 12.8 Å². The third-order valence-corrected chi connectivity index (χ3v) is 3.24. The van der Waals surface area contributed by atoms with Crippen molar-refractivity contribution in [2.24, 2.45) is 5.92 Å². The lowest BCUT2D eigenvalue weighted by atomic mass is 9.85. The summed E-state index contributed by atoms with van der Waals surface area (Å²) in [6.07, 6.45) is 2.77. The lowest BCUT2D eigenvalue weighted by Gasteiger charge is -2.19. The Balaban J connectivity index is 0.000000461. The van der Waals surface area contributed by atoms with Gasteiger partial charge in [0.2, 0.25) is 0 Å². The second-order valence-electron chi connectivity index (χ2n) is 4.18. The van der Waals surface area contributed by atoms with Gasteiger partial charge in [-0.05, 0) is 29.7 Å². The molecule has 1 saturated carbocycles. The third kappa shape index (κ3) is 2.00. The van der Waals surface area contributed by atoms with Gasteiger partial charge in [0.05, 0.1) is 0 Å². The highest BCUT2D eigenvalue weighted by molar-refractivity contribution is 5.31. The van der Waals surface area contributed by atoms with Crippen molar-refractivity contribution in [3.63, 3.8) is 0 Å². The Morgan fingerprint density at radius 3 is 1.86 bits per heavy atom. The summed E-state index contributed by atoms with van der Waals surface area (Å²) in [5, 5.41) is 0. The normalized spacial score (nSPS) is 17.2. The first-order chi connectivity index (χ1) is 6.76. The van der Waals surface area contributed by atoms with Crippen molar-refractivity contribution in [1.82, 2.24) is 0 Å². The maximum absolute atomic E-state index is 2.33. The van der Waals surface area contributed by atoms with Crippen LogP contribution in [0, 0.1) is 5.92 Å². The van der Waals surface area contributed by atoms with Crippen LogP contribution in [0.3, 0.4) is 0 Å². The number of benzene rings is 1. The van der Waals surface area contributed by atoms with Gasteiger partial charge >= 0.3 is 0 Å². The van der Waals surface area contributed by atoms with Gasteiger partial charge in [-0.1, -0.05) is 58.0 Å². The summed E-state index contributed by atoms with van der Waals surface area (Å²) < 4.78 is 0. The fourth-order valence-corrected chi connectivity index (χ4v) is 2.10. The molecular weight excluding hydrogens is 168 g/mol. The minimum absolute atomic E-state index is 0.543. The molecule has 14 heavy (non-hydrogen) atoms. The average Bonchev–Trinajstić information content (AvgIpc) is 3.03. The molecule has 0 nitrogen and oxygen atoms in total. The van der Waals surface area contributed by atoms with Gasteiger partial charge in [0, 0.05) is 0 Å². The highest BCUT2D eigenvalue weighted by Gasteiger charge is 2.46. The van der Waals surface area contributed by atoms with Gasteiger partial charge < -0.3 is 0 Å². The minimum Gasteiger partial charge on any atom is -0.0683 e. The molecule has 1 aliphatic carbocycles. The smallest absolute Gasteiger partial charge is 0.00234 e. The molecule has 0 bridgehead atoms. The molecule has 0 aliphatic heterocycles. The summed E-state index contributed by atoms with van der Waals surface area (Å²) in [5.41, 5.74) is 2.08. The molecular formula is C14H22. The maximum Gasteiger partial charge on any atom is -0.00234 e. The molecule has 0 amide bonds. The third-order valence-electron chi connectivity index (χ3n) is 3.24. The van der Waals surface area contributed by atoms with E-state index >= 15 is 0 Å². The van der Waals surface area contributed by atoms with E-state index in [1.807, 2.05) is 13.8 Å². The van der Waals surface area contributed by atoms with Crippen LogP contribution in [0.5, 0.6) is 0 Å². The fraction of sp³-hybridized carbons (Fsp3) is 0.571. The minimum atomic E-state index is 0.543. The summed E-state index contributed by atoms with van der Waals surface area (Å²) in [4.78, 5) is 0. The van der Waals surface area contributed by atoms with Crippen molar-refractivity contribution < 1.29 is 0 Å². The summed E-state index contributed by atoms with van der Waals surface area (Å²) in [6, 6.07) is 10.9. The van der Waals surface area contributed by atoms with Crippen LogP contribution in [0.2, 0.25) is 0 Å². The van der Waals surface area contributed by atoms with E-state index in [4.69, 9.17) is 0 Å². The quantitative estimate of drug-likeness (QED) is 0.648. The zero-order chi connectivity index (χ0) is 10.6. The second-order valence-corrected chi connectivity index (χ2v) is 4.18. The van der Waals surface area contributed by atoms with Gasteiger partial charge in [-0.25, -0.2) is 0 Å². The van der Waals surface area contributed by atoms with Crippen LogP contribution in [0.15, 0.2) is 30.3 Å². The molecule has 1 aromatic carbocycles. The van der Waals surface area contributed by atoms with Crippen LogP contribution in [0.4, 0.5) is 0 Å². The summed E-state index contributed by atoms with van der Waals surface area (Å²) in [5.74, 6) is 0.792. The summed E-state index contributed by atoms with van der Waals surface area (Å²) in [7, 11) is 0. The molecule has 0 unspecified atom stereocenters. The first-order valence-electron chi connectivity index (χ1n) is 5.81. The number of rotatable bonds is 2. The molecule has 1 fully saturated rings. The van der Waals surface area contributed by atoms with Crippen LogP contribution < -0.4 is 0 Å². The van der Waals surface area contributed by atoms with Crippen LogP contribution in [0.25, 0.3) is 0 Å². The standard InChI is InChI=1S/C12H16.C2H6/c1-10(2)12(8-9-12)11-6-4-3-5-7-11;1-2/h3-7,10H,8-9H2,1-2H3;1-2H3. The zero-order valence-corrected chi connectivity index (χ0v) is 9.88. The maximum atomic E-state index is 2.33. The Morgan fingerprint density at radius 1 is 1.00 bits per heavy atom. The predicted octanol–water partition coefficient (Wildman–Crippen LogP) is 4.40. The first kappa shape index (κ1) is 11.3. The van der Waals surface area contributed by atoms with Crippen molar-refractivity contribution in [1.29, 1.82) is 0 Å². The van der Waals surface area contributed by atoms with Crippen LogP contribution >= 0.6 is 0 Å². The van der Waals surface area contributed by atoms with Gasteiger partial charge in [-0.3, -0.25) is 0 Å². The van der Waals surface area contributed by atoms with Gasteiger partial charge in [0.1, 0.15) is 0 Å². The summed E-state index contributed by atoms with van der Waals surface area (Å²) in [6.45, 7) is 8.67. The molecule has 0 spiro atoms. The van der Waals surface area contributed by atoms with Crippen molar-refractivity contribution in [2.75, 3.05) is 0 Å². The molecule has 0 heterocycles. The summed E-state index contributed by atoms with van der Waals surface area (Å²) >= 11 is 0. The SMILES string of the molecule is CC.CC(C)C1(c2ccccc2)CC1. The molecule has 78 valence electrons. The Kier molecular flexibility index (Phi) is 3.74. The first-order valence-corrected chi connectivity index (χ1v) is 5.81. The van der Waals surface area contributed by atoms with E-state index in [2.05, 4.69) is 44.2 Å². The average molecular weight is 190 g/mol. The lowest BCUT2D eigenvalue weighted by molar-refractivity contribution is 0.481. The Labute approximate surface area is 88.4 Å². The molecule has 2 rings (SSSR count). The molecule has 1 aliphatic rings. The highest BCUT2D eigenvalue weighted by Crippen LogP contribution is 2.53. The highest BCUT2D eigenvalue weighted by atomic mass is 14.5. The van der Waals surface area contributed by atoms with Gasteiger partial charge in [-0.15, -0.1) is 0 Å². The lowest BCUT2D eigenvalue weighted by Crippen LogP contribution is -2.14. The van der Waals surface area contributed by atoms with Crippen molar-refractivity contribution in [2.45, 2.75) is 46.0 Å². The van der Waals surface area contributed by atoms with E-state index < -0.39 is 0 Å². The topological polar surface area (TPSA) is 0 Å². The fourth-order valence-electron chi connectivity index (χ4n) is 2.10. The molecule has 0 saturated heterocycles. The van der Waals surface area contributed by atoms with Crippen LogP contribution in [-0.2, 0) is 5.41 Å². The molecule has 0 N–H and O–H groups in total. The number of hydrogen-bond donors (Lipinski definition) is 0. The second kappa shape index (κ2) is 4.63. The Hall–Kier alpha value is -0.780. The van der Waals surface area contributed by atoms with Crippen LogP contribution in [0.1, 0.15) is 46.1 Å². The van der Waals surface area contributed by atoms with Gasteiger partial charge in [-0.2, -0.15) is 0 Å². The number of hydrogen-bond acceptors (Lipinski definition) is 0. The molecule has 0 atom stereocenters. The van der Waals surface area contributed by atoms with E-state index in [-0.39, 0.29) is 0 Å². The monoisotopic (exact) mass is 190 g/mol. The van der Waals surface area contributed by atoms with E-state index in [9.17, 15) is 0 Å². The van der Waals surface area contributed by atoms with Crippen molar-refractivity contribution >= 4 is 0 Å². The van der Waals surface area contributed by atoms with Gasteiger partial charge in [0.15, 0.2) is 0 Å².